The van der Waals surface area contributed by atoms with E-state index in [1.54, 1.807) is 5.32 Å². The van der Waals surface area contributed by atoms with Crippen LogP contribution in [0.3, 0.4) is 0 Å². The molecule has 5 nitrogen and oxygen atoms in total. The van der Waals surface area contributed by atoms with Gasteiger partial charge in [0, 0.05) is 0 Å². The molecule has 1 amide bonds. The van der Waals surface area contributed by atoms with Crippen LogP contribution in [0.5, 0.6) is 0 Å². The lowest BCUT2D eigenvalue weighted by Gasteiger charge is -2.23. The lowest BCUT2D eigenvalue weighted by molar-refractivity contribution is -0.146. The van der Waals surface area contributed by atoms with Gasteiger partial charge in [-0.2, -0.15) is 0 Å². The van der Waals surface area contributed by atoms with E-state index in [1.165, 1.54) is 12.1 Å². The Morgan fingerprint density at radius 3 is 2.35 bits per heavy atom. The molecule has 2 N–H and O–H groups in total. The second-order valence-electron chi connectivity index (χ2n) is 3.21. The highest BCUT2D eigenvalue weighted by Gasteiger charge is 2.41. The number of alkyl halides is 2. The molecule has 0 aliphatic carbocycles. The van der Waals surface area contributed by atoms with Crippen LogP contribution >= 0.6 is 15.9 Å². The average Bonchev–Trinajstić information content (AvgIpc) is 2.72. The highest BCUT2D eigenvalue weighted by Crippen LogP contribution is 2.16. The summed E-state index contributed by atoms with van der Waals surface area (Å²) in [6, 6.07) is 2.63. The van der Waals surface area contributed by atoms with E-state index in [9.17, 15) is 18.4 Å². The van der Waals surface area contributed by atoms with Crippen LogP contribution in [0.4, 0.5) is 8.78 Å². The molecule has 0 fully saturated rings. The number of carboxylic acid groups (broad SMARTS) is 1. The molecule has 1 heterocycles. The van der Waals surface area contributed by atoms with Crippen molar-refractivity contribution in [2.45, 2.75) is 5.54 Å². The normalized spacial score (nSPS) is 11.2. The van der Waals surface area contributed by atoms with Gasteiger partial charge in [-0.3, -0.25) is 4.79 Å². The predicted molar refractivity (Wildman–Crippen MR) is 56.2 cm³/mol. The molecule has 17 heavy (non-hydrogen) atoms. The zero-order chi connectivity index (χ0) is 13.1. The molecule has 94 valence electrons. The van der Waals surface area contributed by atoms with Crippen molar-refractivity contribution < 1.29 is 27.9 Å². The summed E-state index contributed by atoms with van der Waals surface area (Å²) in [5, 5.41) is 10.4. The number of rotatable bonds is 5. The zero-order valence-electron chi connectivity index (χ0n) is 8.37. The van der Waals surface area contributed by atoms with Crippen molar-refractivity contribution in [2.75, 3.05) is 13.3 Å². The number of carboxylic acids is 1. The van der Waals surface area contributed by atoms with Crippen LogP contribution in [0, 0.1) is 0 Å². The molecule has 0 atom stereocenters. The molecule has 1 aromatic heterocycles. The maximum absolute atomic E-state index is 12.6. The minimum Gasteiger partial charge on any atom is -0.479 e. The highest BCUT2D eigenvalue weighted by atomic mass is 79.9. The van der Waals surface area contributed by atoms with Crippen molar-refractivity contribution in [3.8, 4) is 0 Å². The van der Waals surface area contributed by atoms with Gasteiger partial charge in [0.15, 0.2) is 16.0 Å². The van der Waals surface area contributed by atoms with Crippen molar-refractivity contribution >= 4 is 27.8 Å². The van der Waals surface area contributed by atoms with Gasteiger partial charge in [0.1, 0.15) is 13.3 Å². The Kier molecular flexibility index (Phi) is 4.22. The fourth-order valence-electron chi connectivity index (χ4n) is 0.986. The minimum atomic E-state index is -2.57. The third-order valence-corrected chi connectivity index (χ3v) is 2.44. The summed E-state index contributed by atoms with van der Waals surface area (Å²) >= 11 is 2.93. The first kappa shape index (κ1) is 13.6. The standard InChI is InChI=1S/C9H8BrF2NO4/c10-6-2-1-5(17-6)7(14)13-9(3-11,4-12)8(15)16/h1-2H,3-4H2,(H,13,14)(H,15,16). The van der Waals surface area contributed by atoms with Gasteiger partial charge in [-0.05, 0) is 28.1 Å². The molecule has 0 aliphatic rings. The Bertz CT molecular complexity index is 430. The highest BCUT2D eigenvalue weighted by molar-refractivity contribution is 9.10. The fourth-order valence-corrected chi connectivity index (χ4v) is 1.29. The molecule has 0 saturated carbocycles. The van der Waals surface area contributed by atoms with E-state index in [-0.39, 0.29) is 10.4 Å². The van der Waals surface area contributed by atoms with Gasteiger partial charge in [-0.25, -0.2) is 13.6 Å². The van der Waals surface area contributed by atoms with E-state index in [0.717, 1.165) is 0 Å². The lowest BCUT2D eigenvalue weighted by Crippen LogP contribution is -2.58. The van der Waals surface area contributed by atoms with Crippen LogP contribution in [0.2, 0.25) is 0 Å². The minimum absolute atomic E-state index is 0.240. The molecule has 0 radical (unpaired) electrons. The second kappa shape index (κ2) is 5.26. The predicted octanol–water partition coefficient (Wildman–Crippen LogP) is 1.53. The Morgan fingerprint density at radius 1 is 1.41 bits per heavy atom. The van der Waals surface area contributed by atoms with Crippen molar-refractivity contribution in [1.82, 2.24) is 5.32 Å². The number of hydrogen-bond acceptors (Lipinski definition) is 3. The van der Waals surface area contributed by atoms with Crippen molar-refractivity contribution in [1.29, 1.82) is 0 Å². The lowest BCUT2D eigenvalue weighted by atomic mass is 10.0. The number of nitrogens with one attached hydrogen (secondary N) is 1. The van der Waals surface area contributed by atoms with Crippen molar-refractivity contribution in [3.63, 3.8) is 0 Å². The van der Waals surface area contributed by atoms with Crippen LogP contribution in [-0.4, -0.2) is 35.9 Å². The second-order valence-corrected chi connectivity index (χ2v) is 3.99. The van der Waals surface area contributed by atoms with Gasteiger partial charge < -0.3 is 14.8 Å². The van der Waals surface area contributed by atoms with E-state index in [2.05, 4.69) is 15.9 Å². The van der Waals surface area contributed by atoms with Gasteiger partial charge >= 0.3 is 5.97 Å². The first-order chi connectivity index (χ1) is 7.95. The molecular formula is C9H8BrF2NO4. The molecule has 1 rings (SSSR count). The van der Waals surface area contributed by atoms with Crippen LogP contribution < -0.4 is 5.32 Å². The summed E-state index contributed by atoms with van der Waals surface area (Å²) in [6.07, 6.45) is 0. The summed E-state index contributed by atoms with van der Waals surface area (Å²) in [5.74, 6) is -3.04. The van der Waals surface area contributed by atoms with Gasteiger partial charge in [-0.1, -0.05) is 0 Å². The first-order valence-corrected chi connectivity index (χ1v) is 5.17. The van der Waals surface area contributed by atoms with Crippen LogP contribution in [0.25, 0.3) is 0 Å². The molecule has 8 heteroatoms. The summed E-state index contributed by atoms with van der Waals surface area (Å²) in [6.45, 7) is -3.13. The zero-order valence-corrected chi connectivity index (χ0v) is 9.96. The number of aliphatic carboxylic acids is 1. The largest absolute Gasteiger partial charge is 0.479 e. The molecular weight excluding hydrogens is 304 g/mol. The summed E-state index contributed by atoms with van der Waals surface area (Å²) in [5.41, 5.74) is -2.57. The van der Waals surface area contributed by atoms with Crippen molar-refractivity contribution in [3.05, 3.63) is 22.6 Å². The van der Waals surface area contributed by atoms with E-state index < -0.39 is 30.8 Å². The third-order valence-electron chi connectivity index (χ3n) is 2.02. The maximum Gasteiger partial charge on any atom is 0.334 e. The topological polar surface area (TPSA) is 79.5 Å². The SMILES string of the molecule is O=C(NC(CF)(CF)C(=O)O)c1ccc(Br)o1. The summed E-state index contributed by atoms with van der Waals surface area (Å²) in [7, 11) is 0. The van der Waals surface area contributed by atoms with Crippen molar-refractivity contribution in [2.24, 2.45) is 0 Å². The number of furan rings is 1. The fraction of sp³-hybridized carbons (Fsp3) is 0.333. The molecule has 0 aliphatic heterocycles. The Labute approximate surface area is 103 Å². The van der Waals surface area contributed by atoms with Crippen LogP contribution in [0.1, 0.15) is 10.6 Å². The number of hydrogen-bond donors (Lipinski definition) is 2. The van der Waals surface area contributed by atoms with Crippen LogP contribution in [0.15, 0.2) is 21.2 Å². The molecule has 0 spiro atoms. The third kappa shape index (κ3) is 2.82. The summed E-state index contributed by atoms with van der Waals surface area (Å²) in [4.78, 5) is 22.2. The molecule has 0 bridgehead atoms. The van der Waals surface area contributed by atoms with Gasteiger partial charge in [-0.15, -0.1) is 0 Å². The number of carbonyl (C=O) groups is 2. The Hall–Kier alpha value is -1.44. The number of halogens is 3. The monoisotopic (exact) mass is 311 g/mol. The van der Waals surface area contributed by atoms with Gasteiger partial charge in [0.2, 0.25) is 0 Å². The van der Waals surface area contributed by atoms with E-state index in [1.807, 2.05) is 0 Å². The summed E-state index contributed by atoms with van der Waals surface area (Å²) < 4.78 is 30.2. The Balaban J connectivity index is 2.88. The number of carbonyl (C=O) groups excluding carboxylic acids is 1. The average molecular weight is 312 g/mol. The smallest absolute Gasteiger partial charge is 0.334 e. The molecule has 0 saturated heterocycles. The van der Waals surface area contributed by atoms with Gasteiger partial charge in [0.25, 0.3) is 5.91 Å². The molecule has 1 aromatic rings. The quantitative estimate of drug-likeness (QED) is 0.864. The van der Waals surface area contributed by atoms with E-state index in [0.29, 0.717) is 0 Å². The molecule has 0 aromatic carbocycles. The first-order valence-electron chi connectivity index (χ1n) is 4.38. The van der Waals surface area contributed by atoms with Gasteiger partial charge in [0.05, 0.1) is 0 Å². The number of amides is 1. The Morgan fingerprint density at radius 2 is 2.00 bits per heavy atom. The van der Waals surface area contributed by atoms with E-state index >= 15 is 0 Å². The molecule has 0 unspecified atom stereocenters. The van der Waals surface area contributed by atoms with E-state index in [4.69, 9.17) is 9.52 Å². The maximum atomic E-state index is 12.6. The van der Waals surface area contributed by atoms with Crippen LogP contribution in [-0.2, 0) is 4.79 Å².